The normalized spacial score (nSPS) is 12.3. The molecule has 1 unspecified atom stereocenters. The van der Waals surface area contributed by atoms with E-state index in [1.54, 1.807) is 0 Å². The van der Waals surface area contributed by atoms with E-state index < -0.39 is 0 Å². The first-order valence-corrected chi connectivity index (χ1v) is 7.86. The average Bonchev–Trinajstić information content (AvgIpc) is 2.44. The van der Waals surface area contributed by atoms with E-state index in [4.69, 9.17) is 0 Å². The summed E-state index contributed by atoms with van der Waals surface area (Å²) in [5.74, 6) is 0. The molecular formula is C17H21BrN2. The zero-order valence-corrected chi connectivity index (χ0v) is 13.7. The number of hydrogen-bond donors (Lipinski definition) is 1. The lowest BCUT2D eigenvalue weighted by molar-refractivity contribution is 0.516. The topological polar surface area (TPSA) is 24.9 Å². The maximum Gasteiger partial charge on any atom is 0.0420 e. The average molecular weight is 333 g/mol. The van der Waals surface area contributed by atoms with Crippen LogP contribution in [0.4, 0.5) is 0 Å². The molecule has 3 heteroatoms. The van der Waals surface area contributed by atoms with E-state index in [9.17, 15) is 0 Å². The van der Waals surface area contributed by atoms with E-state index in [2.05, 4.69) is 76.5 Å². The molecule has 0 saturated carbocycles. The van der Waals surface area contributed by atoms with Crippen LogP contribution in [0.1, 0.15) is 23.7 Å². The van der Waals surface area contributed by atoms with E-state index in [-0.39, 0.29) is 0 Å². The molecule has 0 fully saturated rings. The van der Waals surface area contributed by atoms with Crippen LogP contribution in [0.25, 0.3) is 0 Å². The molecule has 0 aliphatic rings. The van der Waals surface area contributed by atoms with Crippen LogP contribution in [0.2, 0.25) is 0 Å². The lowest BCUT2D eigenvalue weighted by atomic mass is 10.0. The Balaban J connectivity index is 2.02. The van der Waals surface area contributed by atoms with Crippen LogP contribution < -0.4 is 5.32 Å². The van der Waals surface area contributed by atoms with Crippen LogP contribution in [0.3, 0.4) is 0 Å². The minimum atomic E-state index is 0.427. The predicted molar refractivity (Wildman–Crippen MR) is 88.0 cm³/mol. The van der Waals surface area contributed by atoms with Gasteiger partial charge < -0.3 is 5.32 Å². The van der Waals surface area contributed by atoms with Crippen molar-refractivity contribution in [2.75, 3.05) is 6.54 Å². The summed E-state index contributed by atoms with van der Waals surface area (Å²) in [6, 6.07) is 13.4. The molecule has 0 saturated heterocycles. The van der Waals surface area contributed by atoms with Gasteiger partial charge in [0.25, 0.3) is 0 Å². The summed E-state index contributed by atoms with van der Waals surface area (Å²) in [6.07, 6.45) is 3.85. The van der Waals surface area contributed by atoms with Gasteiger partial charge in [0.15, 0.2) is 0 Å². The Labute approximate surface area is 129 Å². The molecule has 0 aliphatic heterocycles. The van der Waals surface area contributed by atoms with Gasteiger partial charge in [0.05, 0.1) is 0 Å². The standard InChI is InChI=1S/C17H21BrN2/c1-3-19-17(10-14-6-4-13(2)5-7-14)11-16-9-8-15(18)12-20-16/h4-9,12,17,19H,3,10-11H2,1-2H3. The molecule has 1 N–H and O–H groups in total. The van der Waals surface area contributed by atoms with Gasteiger partial charge in [0, 0.05) is 28.8 Å². The molecule has 0 aliphatic carbocycles. The number of likely N-dealkylation sites (N-methyl/N-ethyl adjacent to an activating group) is 1. The first-order chi connectivity index (χ1) is 9.67. The number of aromatic nitrogens is 1. The van der Waals surface area contributed by atoms with E-state index in [1.165, 1.54) is 11.1 Å². The van der Waals surface area contributed by atoms with Gasteiger partial charge in [-0.1, -0.05) is 36.8 Å². The molecule has 1 aromatic carbocycles. The highest BCUT2D eigenvalue weighted by Gasteiger charge is 2.10. The Bertz CT molecular complexity index is 472. The van der Waals surface area contributed by atoms with E-state index >= 15 is 0 Å². The van der Waals surface area contributed by atoms with Gasteiger partial charge >= 0.3 is 0 Å². The fourth-order valence-corrected chi connectivity index (χ4v) is 2.53. The number of aryl methyl sites for hydroxylation is 1. The summed E-state index contributed by atoms with van der Waals surface area (Å²) in [5, 5.41) is 3.56. The molecule has 20 heavy (non-hydrogen) atoms. The van der Waals surface area contributed by atoms with Crippen molar-refractivity contribution >= 4 is 15.9 Å². The number of pyridine rings is 1. The Morgan fingerprint density at radius 2 is 1.85 bits per heavy atom. The Morgan fingerprint density at radius 3 is 2.45 bits per heavy atom. The van der Waals surface area contributed by atoms with Crippen molar-refractivity contribution < 1.29 is 0 Å². The van der Waals surface area contributed by atoms with Crippen LogP contribution in [0.15, 0.2) is 47.1 Å². The number of benzene rings is 1. The molecule has 106 valence electrons. The quantitative estimate of drug-likeness (QED) is 0.867. The monoisotopic (exact) mass is 332 g/mol. The summed E-state index contributed by atoms with van der Waals surface area (Å²) in [6.45, 7) is 5.25. The molecule has 2 aromatic rings. The maximum absolute atomic E-state index is 4.47. The highest BCUT2D eigenvalue weighted by Crippen LogP contribution is 2.12. The van der Waals surface area contributed by atoms with Crippen LogP contribution in [0.5, 0.6) is 0 Å². The molecule has 2 nitrogen and oxygen atoms in total. The lowest BCUT2D eigenvalue weighted by Gasteiger charge is -2.18. The molecule has 0 bridgehead atoms. The molecule has 2 rings (SSSR count). The van der Waals surface area contributed by atoms with Crippen molar-refractivity contribution in [3.8, 4) is 0 Å². The Morgan fingerprint density at radius 1 is 1.10 bits per heavy atom. The van der Waals surface area contributed by atoms with E-state index in [0.717, 1.165) is 29.6 Å². The van der Waals surface area contributed by atoms with Gasteiger partial charge in [-0.2, -0.15) is 0 Å². The van der Waals surface area contributed by atoms with Crippen molar-refractivity contribution in [3.05, 3.63) is 63.9 Å². The highest BCUT2D eigenvalue weighted by atomic mass is 79.9. The molecule has 1 heterocycles. The van der Waals surface area contributed by atoms with Crippen molar-refractivity contribution in [2.24, 2.45) is 0 Å². The van der Waals surface area contributed by atoms with Crippen molar-refractivity contribution in [1.82, 2.24) is 10.3 Å². The molecule has 0 spiro atoms. The fraction of sp³-hybridized carbons (Fsp3) is 0.353. The first kappa shape index (κ1) is 15.2. The number of rotatable bonds is 6. The van der Waals surface area contributed by atoms with Crippen molar-refractivity contribution in [2.45, 2.75) is 32.7 Å². The third-order valence-corrected chi connectivity index (χ3v) is 3.81. The minimum absolute atomic E-state index is 0.427. The van der Waals surface area contributed by atoms with Gasteiger partial charge in [-0.05, 0) is 53.5 Å². The van der Waals surface area contributed by atoms with Crippen LogP contribution in [-0.2, 0) is 12.8 Å². The van der Waals surface area contributed by atoms with E-state index in [1.807, 2.05) is 6.20 Å². The van der Waals surface area contributed by atoms with Gasteiger partial charge in [0.1, 0.15) is 0 Å². The zero-order valence-electron chi connectivity index (χ0n) is 12.1. The summed E-state index contributed by atoms with van der Waals surface area (Å²) >= 11 is 3.42. The third kappa shape index (κ3) is 4.73. The van der Waals surface area contributed by atoms with Crippen LogP contribution in [0, 0.1) is 6.92 Å². The third-order valence-electron chi connectivity index (χ3n) is 3.34. The second-order valence-electron chi connectivity index (χ2n) is 5.12. The highest BCUT2D eigenvalue weighted by molar-refractivity contribution is 9.10. The summed E-state index contributed by atoms with van der Waals surface area (Å²) in [5.41, 5.74) is 3.81. The SMILES string of the molecule is CCNC(Cc1ccc(C)cc1)Cc1ccc(Br)cn1. The lowest BCUT2D eigenvalue weighted by Crippen LogP contribution is -2.33. The van der Waals surface area contributed by atoms with Crippen LogP contribution in [-0.4, -0.2) is 17.6 Å². The Kier molecular flexibility index (Phi) is 5.74. The largest absolute Gasteiger partial charge is 0.314 e. The second kappa shape index (κ2) is 7.55. The van der Waals surface area contributed by atoms with Crippen molar-refractivity contribution in [1.29, 1.82) is 0 Å². The molecule has 0 radical (unpaired) electrons. The number of nitrogens with zero attached hydrogens (tertiary/aromatic N) is 1. The van der Waals surface area contributed by atoms with E-state index in [0.29, 0.717) is 6.04 Å². The molecular weight excluding hydrogens is 312 g/mol. The molecule has 1 aromatic heterocycles. The molecule has 1 atom stereocenters. The van der Waals surface area contributed by atoms with Gasteiger partial charge in [0.2, 0.25) is 0 Å². The zero-order chi connectivity index (χ0) is 14.4. The molecule has 0 amide bonds. The Hall–Kier alpha value is -1.19. The summed E-state index contributed by atoms with van der Waals surface area (Å²) in [4.78, 5) is 4.47. The minimum Gasteiger partial charge on any atom is -0.314 e. The summed E-state index contributed by atoms with van der Waals surface area (Å²) in [7, 11) is 0. The van der Waals surface area contributed by atoms with Crippen LogP contribution >= 0.6 is 15.9 Å². The first-order valence-electron chi connectivity index (χ1n) is 7.06. The smallest absolute Gasteiger partial charge is 0.0420 e. The summed E-state index contributed by atoms with van der Waals surface area (Å²) < 4.78 is 1.03. The number of halogens is 1. The fourth-order valence-electron chi connectivity index (χ4n) is 2.29. The van der Waals surface area contributed by atoms with Gasteiger partial charge in [-0.3, -0.25) is 4.98 Å². The maximum atomic E-state index is 4.47. The number of nitrogens with one attached hydrogen (secondary N) is 1. The number of hydrogen-bond acceptors (Lipinski definition) is 2. The van der Waals surface area contributed by atoms with Crippen molar-refractivity contribution in [3.63, 3.8) is 0 Å². The predicted octanol–water partition coefficient (Wildman–Crippen LogP) is 3.92. The second-order valence-corrected chi connectivity index (χ2v) is 6.03. The van der Waals surface area contributed by atoms with Gasteiger partial charge in [-0.25, -0.2) is 0 Å². The van der Waals surface area contributed by atoms with Gasteiger partial charge in [-0.15, -0.1) is 0 Å².